The monoisotopic (exact) mass is 215 g/mol. The third-order valence-electron chi connectivity index (χ3n) is 2.71. The average molecular weight is 215 g/mol. The molecule has 1 fully saturated rings. The molecule has 0 amide bonds. The van der Waals surface area contributed by atoms with Crippen molar-refractivity contribution in [3.05, 3.63) is 0 Å². The van der Waals surface area contributed by atoms with Gasteiger partial charge in [-0.05, 0) is 52.0 Å². The molecule has 0 aliphatic carbocycles. The molecule has 92 valence electrons. The second-order valence-electron chi connectivity index (χ2n) is 3.89. The minimum absolute atomic E-state index is 0.463. The highest BCUT2D eigenvalue weighted by molar-refractivity contribution is 4.73. The van der Waals surface area contributed by atoms with Crippen molar-refractivity contribution in [3.8, 4) is 0 Å². The van der Waals surface area contributed by atoms with Gasteiger partial charge < -0.3 is 16.0 Å². The lowest BCUT2D eigenvalue weighted by Gasteiger charge is -2.29. The first-order valence-electron chi connectivity index (χ1n) is 6.51. The maximum Gasteiger partial charge on any atom is 0.00631 e. The summed E-state index contributed by atoms with van der Waals surface area (Å²) < 4.78 is 0. The van der Waals surface area contributed by atoms with Gasteiger partial charge in [0.05, 0.1) is 0 Å². The summed E-state index contributed by atoms with van der Waals surface area (Å²) in [4.78, 5) is 2.53. The smallest absolute Gasteiger partial charge is 0.00631 e. The normalized spacial score (nSPS) is 18.4. The SMILES string of the molecule is CC.CCNCCCN1CCC(N)CC1. The van der Waals surface area contributed by atoms with Crippen LogP contribution < -0.4 is 11.1 Å². The van der Waals surface area contributed by atoms with Gasteiger partial charge in [-0.1, -0.05) is 20.8 Å². The van der Waals surface area contributed by atoms with E-state index in [4.69, 9.17) is 5.73 Å². The van der Waals surface area contributed by atoms with E-state index in [1.165, 1.54) is 38.9 Å². The molecule has 15 heavy (non-hydrogen) atoms. The van der Waals surface area contributed by atoms with E-state index in [9.17, 15) is 0 Å². The fourth-order valence-electron chi connectivity index (χ4n) is 1.78. The maximum atomic E-state index is 5.83. The Morgan fingerprint density at radius 2 is 1.87 bits per heavy atom. The van der Waals surface area contributed by atoms with Crippen molar-refractivity contribution in [2.75, 3.05) is 32.7 Å². The van der Waals surface area contributed by atoms with Crippen molar-refractivity contribution in [3.63, 3.8) is 0 Å². The van der Waals surface area contributed by atoms with E-state index in [1.54, 1.807) is 0 Å². The fourth-order valence-corrected chi connectivity index (χ4v) is 1.78. The summed E-state index contributed by atoms with van der Waals surface area (Å²) in [5.74, 6) is 0. The Hall–Kier alpha value is -0.120. The summed E-state index contributed by atoms with van der Waals surface area (Å²) >= 11 is 0. The van der Waals surface area contributed by atoms with Crippen LogP contribution in [0.5, 0.6) is 0 Å². The first-order chi connectivity index (χ1) is 7.33. The van der Waals surface area contributed by atoms with Crippen LogP contribution in [-0.4, -0.2) is 43.7 Å². The van der Waals surface area contributed by atoms with Gasteiger partial charge in [-0.15, -0.1) is 0 Å². The van der Waals surface area contributed by atoms with E-state index in [2.05, 4.69) is 17.1 Å². The van der Waals surface area contributed by atoms with Crippen molar-refractivity contribution in [1.82, 2.24) is 10.2 Å². The molecule has 0 atom stereocenters. The Morgan fingerprint density at radius 3 is 2.40 bits per heavy atom. The summed E-state index contributed by atoms with van der Waals surface area (Å²) in [6.07, 6.45) is 3.63. The number of nitrogens with one attached hydrogen (secondary N) is 1. The Kier molecular flexibility index (Phi) is 10.3. The van der Waals surface area contributed by atoms with E-state index in [1.807, 2.05) is 13.8 Å². The first-order valence-corrected chi connectivity index (χ1v) is 6.51. The molecule has 0 saturated carbocycles. The number of likely N-dealkylation sites (tertiary alicyclic amines) is 1. The molecular formula is C12H29N3. The van der Waals surface area contributed by atoms with Crippen molar-refractivity contribution in [1.29, 1.82) is 0 Å². The van der Waals surface area contributed by atoms with Crippen LogP contribution in [0.2, 0.25) is 0 Å². The lowest BCUT2D eigenvalue weighted by atomic mass is 10.1. The van der Waals surface area contributed by atoms with Crippen LogP contribution in [0, 0.1) is 0 Å². The quantitative estimate of drug-likeness (QED) is 0.682. The van der Waals surface area contributed by atoms with Gasteiger partial charge in [0.25, 0.3) is 0 Å². The summed E-state index contributed by atoms with van der Waals surface area (Å²) in [5.41, 5.74) is 5.83. The van der Waals surface area contributed by atoms with Gasteiger partial charge in [-0.3, -0.25) is 0 Å². The van der Waals surface area contributed by atoms with Crippen LogP contribution in [0.3, 0.4) is 0 Å². The van der Waals surface area contributed by atoms with Crippen LogP contribution in [0.1, 0.15) is 40.0 Å². The largest absolute Gasteiger partial charge is 0.328 e. The zero-order chi connectivity index (χ0) is 11.5. The third kappa shape index (κ3) is 7.77. The number of nitrogens with two attached hydrogens (primary N) is 1. The summed E-state index contributed by atoms with van der Waals surface area (Å²) in [7, 11) is 0. The summed E-state index contributed by atoms with van der Waals surface area (Å²) in [6.45, 7) is 12.0. The van der Waals surface area contributed by atoms with E-state index in [-0.39, 0.29) is 0 Å². The highest BCUT2D eigenvalue weighted by Gasteiger charge is 2.14. The minimum atomic E-state index is 0.463. The molecular weight excluding hydrogens is 186 g/mol. The van der Waals surface area contributed by atoms with E-state index in [0.717, 1.165) is 13.1 Å². The highest BCUT2D eigenvalue weighted by atomic mass is 15.1. The molecule has 0 spiro atoms. The average Bonchev–Trinajstić information content (AvgIpc) is 2.30. The summed E-state index contributed by atoms with van der Waals surface area (Å²) in [5, 5.41) is 3.35. The molecule has 3 N–H and O–H groups in total. The molecule has 1 saturated heterocycles. The number of piperidine rings is 1. The molecule has 1 aliphatic heterocycles. The van der Waals surface area contributed by atoms with Gasteiger partial charge in [-0.25, -0.2) is 0 Å². The van der Waals surface area contributed by atoms with E-state index < -0.39 is 0 Å². The Bertz CT molecular complexity index is 120. The fraction of sp³-hybridized carbons (Fsp3) is 1.00. The van der Waals surface area contributed by atoms with Crippen LogP contribution in [0.4, 0.5) is 0 Å². The Balaban J connectivity index is 0.000000921. The summed E-state index contributed by atoms with van der Waals surface area (Å²) in [6, 6.07) is 0.463. The molecule has 0 aromatic carbocycles. The second-order valence-corrected chi connectivity index (χ2v) is 3.89. The molecule has 0 radical (unpaired) electrons. The molecule has 0 bridgehead atoms. The lowest BCUT2D eigenvalue weighted by Crippen LogP contribution is -2.40. The predicted octanol–water partition coefficient (Wildman–Crippen LogP) is 1.44. The minimum Gasteiger partial charge on any atom is -0.328 e. The Morgan fingerprint density at radius 1 is 1.27 bits per heavy atom. The second kappa shape index (κ2) is 10.4. The van der Waals surface area contributed by atoms with Gasteiger partial charge in [-0.2, -0.15) is 0 Å². The number of hydrogen-bond acceptors (Lipinski definition) is 3. The van der Waals surface area contributed by atoms with Crippen LogP contribution in [-0.2, 0) is 0 Å². The van der Waals surface area contributed by atoms with Crippen molar-refractivity contribution in [2.45, 2.75) is 46.1 Å². The molecule has 1 heterocycles. The number of rotatable bonds is 5. The zero-order valence-electron chi connectivity index (χ0n) is 10.8. The van der Waals surface area contributed by atoms with Crippen LogP contribution in [0.25, 0.3) is 0 Å². The zero-order valence-corrected chi connectivity index (χ0v) is 10.8. The van der Waals surface area contributed by atoms with Crippen LogP contribution in [0.15, 0.2) is 0 Å². The molecule has 3 nitrogen and oxygen atoms in total. The third-order valence-corrected chi connectivity index (χ3v) is 2.71. The van der Waals surface area contributed by atoms with Gasteiger partial charge in [0, 0.05) is 6.04 Å². The van der Waals surface area contributed by atoms with Gasteiger partial charge in [0.15, 0.2) is 0 Å². The highest BCUT2D eigenvalue weighted by Crippen LogP contribution is 2.07. The van der Waals surface area contributed by atoms with E-state index >= 15 is 0 Å². The standard InChI is InChI=1S/C10H23N3.C2H6/c1-2-12-6-3-7-13-8-4-10(11)5-9-13;1-2/h10,12H,2-9,11H2,1H3;1-2H3. The molecule has 3 heteroatoms. The Labute approximate surface area is 95.4 Å². The maximum absolute atomic E-state index is 5.83. The molecule has 0 unspecified atom stereocenters. The molecule has 0 aromatic rings. The van der Waals surface area contributed by atoms with Crippen molar-refractivity contribution >= 4 is 0 Å². The predicted molar refractivity (Wildman–Crippen MR) is 68.2 cm³/mol. The molecule has 1 rings (SSSR count). The van der Waals surface area contributed by atoms with Crippen molar-refractivity contribution < 1.29 is 0 Å². The van der Waals surface area contributed by atoms with Gasteiger partial charge >= 0.3 is 0 Å². The lowest BCUT2D eigenvalue weighted by molar-refractivity contribution is 0.211. The first kappa shape index (κ1) is 14.9. The van der Waals surface area contributed by atoms with Crippen molar-refractivity contribution in [2.24, 2.45) is 5.73 Å². The van der Waals surface area contributed by atoms with Gasteiger partial charge in [0.2, 0.25) is 0 Å². The van der Waals surface area contributed by atoms with E-state index in [0.29, 0.717) is 6.04 Å². The van der Waals surface area contributed by atoms with Gasteiger partial charge in [0.1, 0.15) is 0 Å². The molecule has 0 aromatic heterocycles. The molecule has 1 aliphatic rings. The number of nitrogens with zero attached hydrogens (tertiary/aromatic N) is 1. The van der Waals surface area contributed by atoms with Crippen LogP contribution >= 0.6 is 0 Å². The number of hydrogen-bond donors (Lipinski definition) is 2. The topological polar surface area (TPSA) is 41.3 Å².